The number of carboxylic acid groups (broad SMARTS) is 1. The molecular formula is C19H26FNO3. The second kappa shape index (κ2) is 7.62. The summed E-state index contributed by atoms with van der Waals surface area (Å²) in [4.78, 5) is 13.8. The van der Waals surface area contributed by atoms with Gasteiger partial charge in [-0.3, -0.25) is 9.69 Å². The largest absolute Gasteiger partial charge is 0.480 e. The first-order chi connectivity index (χ1) is 11.6. The molecule has 1 aliphatic carbocycles. The van der Waals surface area contributed by atoms with Crippen LogP contribution < -0.4 is 0 Å². The van der Waals surface area contributed by atoms with Crippen LogP contribution in [0.5, 0.6) is 0 Å². The smallest absolute Gasteiger partial charge is 0.320 e. The number of nitrogens with zero attached hydrogens (tertiary/aromatic N) is 1. The molecule has 1 aromatic carbocycles. The molecule has 2 N–H and O–H groups in total. The summed E-state index contributed by atoms with van der Waals surface area (Å²) in [5.74, 6) is -0.637. The van der Waals surface area contributed by atoms with Gasteiger partial charge >= 0.3 is 5.97 Å². The highest BCUT2D eigenvalue weighted by molar-refractivity contribution is 5.73. The molecule has 1 aromatic rings. The molecule has 2 fully saturated rings. The van der Waals surface area contributed by atoms with Crippen molar-refractivity contribution >= 4 is 5.97 Å². The predicted molar refractivity (Wildman–Crippen MR) is 89.3 cm³/mol. The third kappa shape index (κ3) is 3.78. The fraction of sp³-hybridized carbons (Fsp3) is 0.632. The van der Waals surface area contributed by atoms with Gasteiger partial charge in [-0.25, -0.2) is 4.39 Å². The van der Waals surface area contributed by atoms with E-state index in [2.05, 4.69) is 0 Å². The fourth-order valence-electron chi connectivity index (χ4n) is 4.43. The Balaban J connectivity index is 1.74. The molecule has 0 bridgehead atoms. The Morgan fingerprint density at radius 1 is 1.29 bits per heavy atom. The van der Waals surface area contributed by atoms with Crippen molar-refractivity contribution in [3.05, 3.63) is 35.6 Å². The SMILES string of the molecule is O=C(O)[C@@H](CC1CCCC1)N1CC(CO)C(c2cccc(F)c2)C1. The first-order valence-corrected chi connectivity index (χ1v) is 8.91. The molecule has 1 heterocycles. The molecule has 1 aliphatic heterocycles. The van der Waals surface area contributed by atoms with Crippen LogP contribution in [0.1, 0.15) is 43.6 Å². The molecule has 2 aliphatic rings. The van der Waals surface area contributed by atoms with E-state index in [4.69, 9.17) is 0 Å². The maximum Gasteiger partial charge on any atom is 0.320 e. The molecule has 24 heavy (non-hydrogen) atoms. The van der Waals surface area contributed by atoms with E-state index >= 15 is 0 Å². The van der Waals surface area contributed by atoms with Gasteiger partial charge in [0.05, 0.1) is 0 Å². The standard InChI is InChI=1S/C19H26FNO3/c20-16-7-3-6-14(9-16)17-11-21(10-15(17)12-22)18(19(23)24)8-13-4-1-2-5-13/h3,6-7,9,13,15,17-18,22H,1-2,4-5,8,10-12H2,(H,23,24)/t15?,17?,18-/m1/s1. The summed E-state index contributed by atoms with van der Waals surface area (Å²) in [6.45, 7) is 1.12. The third-order valence-corrected chi connectivity index (χ3v) is 5.74. The molecule has 0 amide bonds. The first kappa shape index (κ1) is 17.4. The van der Waals surface area contributed by atoms with Crippen molar-refractivity contribution in [3.63, 3.8) is 0 Å². The van der Waals surface area contributed by atoms with Crippen LogP contribution in [0.25, 0.3) is 0 Å². The van der Waals surface area contributed by atoms with Gasteiger partial charge in [-0.2, -0.15) is 0 Å². The van der Waals surface area contributed by atoms with Gasteiger partial charge in [0.25, 0.3) is 0 Å². The molecular weight excluding hydrogens is 309 g/mol. The summed E-state index contributed by atoms with van der Waals surface area (Å²) in [6, 6.07) is 5.95. The number of rotatable bonds is 6. The highest BCUT2D eigenvalue weighted by atomic mass is 19.1. The topological polar surface area (TPSA) is 60.8 Å². The number of likely N-dealkylation sites (tertiary alicyclic amines) is 1. The van der Waals surface area contributed by atoms with Crippen LogP contribution in [0.2, 0.25) is 0 Å². The van der Waals surface area contributed by atoms with E-state index in [1.165, 1.54) is 25.0 Å². The Kier molecular flexibility index (Phi) is 5.51. The lowest BCUT2D eigenvalue weighted by molar-refractivity contribution is -0.143. The van der Waals surface area contributed by atoms with Crippen LogP contribution in [0.4, 0.5) is 4.39 Å². The quantitative estimate of drug-likeness (QED) is 0.839. The summed E-state index contributed by atoms with van der Waals surface area (Å²) < 4.78 is 13.5. The van der Waals surface area contributed by atoms with Gasteiger partial charge in [-0.05, 0) is 30.0 Å². The zero-order valence-corrected chi connectivity index (χ0v) is 13.9. The molecule has 5 heteroatoms. The molecule has 3 atom stereocenters. The number of hydrogen-bond donors (Lipinski definition) is 2. The van der Waals surface area contributed by atoms with Crippen molar-refractivity contribution in [2.24, 2.45) is 11.8 Å². The second-order valence-electron chi connectivity index (χ2n) is 7.30. The number of carboxylic acids is 1. The van der Waals surface area contributed by atoms with E-state index in [1.54, 1.807) is 6.07 Å². The number of aliphatic hydroxyl groups excluding tert-OH is 1. The molecule has 2 unspecified atom stereocenters. The Bertz CT molecular complexity index is 573. The molecule has 1 saturated heterocycles. The maximum atomic E-state index is 13.5. The molecule has 4 nitrogen and oxygen atoms in total. The van der Waals surface area contributed by atoms with Crippen molar-refractivity contribution in [2.75, 3.05) is 19.7 Å². The second-order valence-corrected chi connectivity index (χ2v) is 7.30. The third-order valence-electron chi connectivity index (χ3n) is 5.74. The van der Waals surface area contributed by atoms with E-state index < -0.39 is 12.0 Å². The Morgan fingerprint density at radius 2 is 2.04 bits per heavy atom. The maximum absolute atomic E-state index is 13.5. The Morgan fingerprint density at radius 3 is 2.67 bits per heavy atom. The van der Waals surface area contributed by atoms with Crippen molar-refractivity contribution < 1.29 is 19.4 Å². The van der Waals surface area contributed by atoms with Gasteiger partial charge < -0.3 is 10.2 Å². The summed E-state index contributed by atoms with van der Waals surface area (Å²) in [6.07, 6.45) is 5.32. The normalized spacial score (nSPS) is 26.8. The molecule has 0 spiro atoms. The average molecular weight is 335 g/mol. The number of hydrogen-bond acceptors (Lipinski definition) is 3. The van der Waals surface area contributed by atoms with Crippen molar-refractivity contribution in [3.8, 4) is 0 Å². The molecule has 0 radical (unpaired) electrons. The van der Waals surface area contributed by atoms with E-state index in [0.717, 1.165) is 18.4 Å². The van der Waals surface area contributed by atoms with Crippen molar-refractivity contribution in [2.45, 2.75) is 44.1 Å². The monoisotopic (exact) mass is 335 g/mol. The van der Waals surface area contributed by atoms with Crippen molar-refractivity contribution in [1.29, 1.82) is 0 Å². The fourth-order valence-corrected chi connectivity index (χ4v) is 4.43. The minimum absolute atomic E-state index is 0.00650. The zero-order valence-electron chi connectivity index (χ0n) is 13.9. The first-order valence-electron chi connectivity index (χ1n) is 8.91. The lowest BCUT2D eigenvalue weighted by Crippen LogP contribution is -2.41. The van der Waals surface area contributed by atoms with Crippen LogP contribution in [-0.4, -0.2) is 46.8 Å². The van der Waals surface area contributed by atoms with E-state index in [0.29, 0.717) is 25.4 Å². The summed E-state index contributed by atoms with van der Waals surface area (Å²) in [5, 5.41) is 19.4. The summed E-state index contributed by atoms with van der Waals surface area (Å²) >= 11 is 0. The van der Waals surface area contributed by atoms with Crippen LogP contribution in [0.15, 0.2) is 24.3 Å². The average Bonchev–Trinajstić information content (AvgIpc) is 3.21. The number of carbonyl (C=O) groups is 1. The van der Waals surface area contributed by atoms with Gasteiger partial charge in [0.1, 0.15) is 11.9 Å². The zero-order chi connectivity index (χ0) is 17.1. The molecule has 0 aromatic heterocycles. The molecule has 3 rings (SSSR count). The highest BCUT2D eigenvalue weighted by Gasteiger charge is 2.40. The van der Waals surface area contributed by atoms with E-state index in [1.807, 2.05) is 11.0 Å². The molecule has 1 saturated carbocycles. The minimum Gasteiger partial charge on any atom is -0.480 e. The van der Waals surface area contributed by atoms with Gasteiger partial charge in [0.2, 0.25) is 0 Å². The number of benzene rings is 1. The van der Waals surface area contributed by atoms with Gasteiger partial charge in [-0.15, -0.1) is 0 Å². The van der Waals surface area contributed by atoms with E-state index in [-0.39, 0.29) is 24.3 Å². The number of aliphatic carboxylic acids is 1. The Labute approximate surface area is 142 Å². The predicted octanol–water partition coefficient (Wildman–Crippen LogP) is 2.87. The Hall–Kier alpha value is -1.46. The number of halogens is 1. The van der Waals surface area contributed by atoms with Crippen molar-refractivity contribution in [1.82, 2.24) is 4.90 Å². The molecule has 132 valence electrons. The highest BCUT2D eigenvalue weighted by Crippen LogP contribution is 2.36. The van der Waals surface area contributed by atoms with Gasteiger partial charge in [-0.1, -0.05) is 37.8 Å². The van der Waals surface area contributed by atoms with Gasteiger partial charge in [0.15, 0.2) is 0 Å². The van der Waals surface area contributed by atoms with E-state index in [9.17, 15) is 19.4 Å². The van der Waals surface area contributed by atoms with Crippen LogP contribution >= 0.6 is 0 Å². The minimum atomic E-state index is -0.779. The van der Waals surface area contributed by atoms with Crippen LogP contribution in [0.3, 0.4) is 0 Å². The summed E-state index contributed by atoms with van der Waals surface area (Å²) in [7, 11) is 0. The number of aliphatic hydroxyl groups is 1. The van der Waals surface area contributed by atoms with Crippen LogP contribution in [0, 0.1) is 17.7 Å². The lowest BCUT2D eigenvalue weighted by Gasteiger charge is -2.26. The lowest BCUT2D eigenvalue weighted by atomic mass is 9.89. The summed E-state index contributed by atoms with van der Waals surface area (Å²) in [5.41, 5.74) is 0.849. The van der Waals surface area contributed by atoms with Gasteiger partial charge in [0, 0.05) is 31.5 Å². The van der Waals surface area contributed by atoms with Crippen LogP contribution in [-0.2, 0) is 4.79 Å².